The van der Waals surface area contributed by atoms with Crippen molar-refractivity contribution in [3.05, 3.63) is 87.4 Å². The summed E-state index contributed by atoms with van der Waals surface area (Å²) in [5, 5.41) is 8.19. The van der Waals surface area contributed by atoms with E-state index in [1.165, 1.54) is 12.1 Å². The highest BCUT2D eigenvalue weighted by molar-refractivity contribution is 6.31. The van der Waals surface area contributed by atoms with Crippen molar-refractivity contribution in [1.29, 1.82) is 0 Å². The molecule has 0 radical (unpaired) electrons. The molecule has 5 nitrogen and oxygen atoms in total. The summed E-state index contributed by atoms with van der Waals surface area (Å²) in [7, 11) is 3.81. The first kappa shape index (κ1) is 22.0. The van der Waals surface area contributed by atoms with E-state index in [1.54, 1.807) is 10.7 Å². The normalized spacial score (nSPS) is 12.2. The number of rotatable bonds is 7. The molecule has 1 heterocycles. The van der Waals surface area contributed by atoms with Gasteiger partial charge in [-0.15, -0.1) is 0 Å². The highest BCUT2D eigenvalue weighted by Crippen LogP contribution is 2.21. The van der Waals surface area contributed by atoms with E-state index in [4.69, 9.17) is 11.6 Å². The van der Waals surface area contributed by atoms with E-state index in [9.17, 15) is 9.18 Å². The number of aromatic nitrogens is 2. The van der Waals surface area contributed by atoms with Crippen molar-refractivity contribution in [2.24, 2.45) is 0 Å². The zero-order valence-electron chi connectivity index (χ0n) is 17.6. The molecule has 2 aromatic carbocycles. The van der Waals surface area contributed by atoms with Gasteiger partial charge in [-0.05, 0) is 57.3 Å². The van der Waals surface area contributed by atoms with E-state index >= 15 is 0 Å². The highest BCUT2D eigenvalue weighted by Gasteiger charge is 2.21. The van der Waals surface area contributed by atoms with Crippen LogP contribution in [0.15, 0.2) is 48.5 Å². The molecule has 0 bridgehead atoms. The van der Waals surface area contributed by atoms with Gasteiger partial charge in [0.1, 0.15) is 5.82 Å². The third kappa shape index (κ3) is 4.89. The van der Waals surface area contributed by atoms with Gasteiger partial charge >= 0.3 is 0 Å². The molecule has 0 spiro atoms. The quantitative estimate of drug-likeness (QED) is 0.607. The Morgan fingerprint density at radius 1 is 1.20 bits per heavy atom. The summed E-state index contributed by atoms with van der Waals surface area (Å²) in [6.07, 6.45) is 0. The van der Waals surface area contributed by atoms with Crippen LogP contribution in [-0.2, 0) is 6.54 Å². The fraction of sp³-hybridized carbons (Fsp3) is 0.304. The molecule has 0 aliphatic rings. The Bertz CT molecular complexity index is 1050. The summed E-state index contributed by atoms with van der Waals surface area (Å²) >= 11 is 6.27. The predicted octanol–water partition coefficient (Wildman–Crippen LogP) is 4.37. The minimum Gasteiger partial charge on any atom is -0.350 e. The maximum atomic E-state index is 13.6. The average molecular weight is 429 g/mol. The molecule has 7 heteroatoms. The van der Waals surface area contributed by atoms with Crippen LogP contribution < -0.4 is 5.32 Å². The number of aryl methyl sites for hydroxylation is 1. The molecule has 0 saturated carbocycles. The summed E-state index contributed by atoms with van der Waals surface area (Å²) in [5.74, 6) is -0.489. The number of likely N-dealkylation sites (N-methyl/N-ethyl adjacent to an activating group) is 1. The van der Waals surface area contributed by atoms with Crippen molar-refractivity contribution in [2.75, 3.05) is 20.6 Å². The standard InChI is InChI=1S/C23H26ClFN4O/c1-15-22(16(2)29(27-15)14-18-8-5-6-11-20(18)24)23(30)26-13-21(28(3)4)17-9-7-10-19(25)12-17/h5-12,21H,13-14H2,1-4H3,(H,26,30). The minimum atomic E-state index is -0.293. The van der Waals surface area contributed by atoms with Crippen LogP contribution in [0, 0.1) is 19.7 Å². The van der Waals surface area contributed by atoms with E-state index < -0.39 is 0 Å². The Morgan fingerprint density at radius 2 is 1.93 bits per heavy atom. The second-order valence-electron chi connectivity index (χ2n) is 7.54. The molecule has 1 atom stereocenters. The first-order valence-electron chi connectivity index (χ1n) is 9.75. The zero-order chi connectivity index (χ0) is 21.8. The first-order valence-corrected chi connectivity index (χ1v) is 10.1. The Labute approximate surface area is 181 Å². The predicted molar refractivity (Wildman–Crippen MR) is 117 cm³/mol. The molecule has 0 aliphatic heterocycles. The molecular weight excluding hydrogens is 403 g/mol. The SMILES string of the molecule is Cc1nn(Cc2ccccc2Cl)c(C)c1C(=O)NCC(c1cccc(F)c1)N(C)C. The van der Waals surface area contributed by atoms with Crippen molar-refractivity contribution >= 4 is 17.5 Å². The van der Waals surface area contributed by atoms with E-state index in [0.717, 1.165) is 16.8 Å². The zero-order valence-corrected chi connectivity index (χ0v) is 18.4. The number of halogens is 2. The molecule has 0 fully saturated rings. The van der Waals surface area contributed by atoms with Crippen molar-refractivity contribution in [3.63, 3.8) is 0 Å². The van der Waals surface area contributed by atoms with Gasteiger partial charge in [0.2, 0.25) is 0 Å². The molecule has 0 aliphatic carbocycles. The summed E-state index contributed by atoms with van der Waals surface area (Å²) in [5.41, 5.74) is 3.73. The van der Waals surface area contributed by atoms with Crippen LogP contribution >= 0.6 is 11.6 Å². The van der Waals surface area contributed by atoms with Crippen molar-refractivity contribution in [2.45, 2.75) is 26.4 Å². The third-order valence-electron chi connectivity index (χ3n) is 5.20. The van der Waals surface area contributed by atoms with E-state index in [0.29, 0.717) is 29.4 Å². The van der Waals surface area contributed by atoms with Gasteiger partial charge in [-0.1, -0.05) is 41.9 Å². The monoisotopic (exact) mass is 428 g/mol. The van der Waals surface area contributed by atoms with Gasteiger partial charge in [-0.2, -0.15) is 5.10 Å². The number of nitrogens with zero attached hydrogens (tertiary/aromatic N) is 3. The van der Waals surface area contributed by atoms with Gasteiger partial charge in [0.05, 0.1) is 23.8 Å². The van der Waals surface area contributed by atoms with Gasteiger partial charge < -0.3 is 10.2 Å². The maximum absolute atomic E-state index is 13.6. The van der Waals surface area contributed by atoms with Crippen molar-refractivity contribution in [1.82, 2.24) is 20.0 Å². The van der Waals surface area contributed by atoms with Crippen molar-refractivity contribution in [3.8, 4) is 0 Å². The molecule has 3 aromatic rings. The minimum absolute atomic E-state index is 0.150. The van der Waals surface area contributed by atoms with Gasteiger partial charge in [0.25, 0.3) is 5.91 Å². The van der Waals surface area contributed by atoms with Crippen LogP contribution in [0.2, 0.25) is 5.02 Å². The van der Waals surface area contributed by atoms with Crippen molar-refractivity contribution < 1.29 is 9.18 Å². The number of benzene rings is 2. The molecule has 1 aromatic heterocycles. The first-order chi connectivity index (χ1) is 14.3. The average Bonchev–Trinajstić information content (AvgIpc) is 2.96. The van der Waals surface area contributed by atoms with E-state index in [1.807, 2.05) is 63.2 Å². The lowest BCUT2D eigenvalue weighted by atomic mass is 10.1. The highest BCUT2D eigenvalue weighted by atomic mass is 35.5. The lowest BCUT2D eigenvalue weighted by molar-refractivity contribution is 0.0940. The number of nitrogens with one attached hydrogen (secondary N) is 1. The second kappa shape index (κ2) is 9.41. The largest absolute Gasteiger partial charge is 0.350 e. The molecule has 1 N–H and O–H groups in total. The Kier molecular flexibility index (Phi) is 6.90. The van der Waals surface area contributed by atoms with Crippen LogP contribution in [0.25, 0.3) is 0 Å². The fourth-order valence-corrected chi connectivity index (χ4v) is 3.75. The Hall–Kier alpha value is -2.70. The smallest absolute Gasteiger partial charge is 0.255 e. The molecule has 158 valence electrons. The van der Waals surface area contributed by atoms with E-state index in [-0.39, 0.29) is 17.8 Å². The third-order valence-corrected chi connectivity index (χ3v) is 5.57. The van der Waals surface area contributed by atoms with Crippen LogP contribution in [0.5, 0.6) is 0 Å². The Balaban J connectivity index is 1.76. The lowest BCUT2D eigenvalue weighted by Crippen LogP contribution is -2.35. The number of amides is 1. The van der Waals surface area contributed by atoms with Crippen LogP contribution in [0.3, 0.4) is 0 Å². The van der Waals surface area contributed by atoms with Crippen LogP contribution in [-0.4, -0.2) is 41.2 Å². The molecular formula is C23H26ClFN4O. The van der Waals surface area contributed by atoms with Gasteiger partial charge in [-0.25, -0.2) is 4.39 Å². The second-order valence-corrected chi connectivity index (χ2v) is 7.95. The van der Waals surface area contributed by atoms with Crippen LogP contribution in [0.4, 0.5) is 4.39 Å². The number of hydrogen-bond acceptors (Lipinski definition) is 3. The van der Waals surface area contributed by atoms with Gasteiger partial charge in [0.15, 0.2) is 0 Å². The summed E-state index contributed by atoms with van der Waals surface area (Å²) in [6, 6.07) is 13.9. The molecule has 0 saturated heterocycles. The number of carbonyl (C=O) groups is 1. The lowest BCUT2D eigenvalue weighted by Gasteiger charge is -2.25. The summed E-state index contributed by atoms with van der Waals surface area (Å²) in [6.45, 7) is 4.54. The molecule has 30 heavy (non-hydrogen) atoms. The maximum Gasteiger partial charge on any atom is 0.255 e. The molecule has 1 unspecified atom stereocenters. The fourth-order valence-electron chi connectivity index (χ4n) is 3.56. The van der Waals surface area contributed by atoms with Crippen LogP contribution in [0.1, 0.15) is 38.9 Å². The Morgan fingerprint density at radius 3 is 2.60 bits per heavy atom. The van der Waals surface area contributed by atoms with E-state index in [2.05, 4.69) is 10.4 Å². The summed E-state index contributed by atoms with van der Waals surface area (Å²) < 4.78 is 15.4. The topological polar surface area (TPSA) is 50.2 Å². The number of carbonyl (C=O) groups excluding carboxylic acids is 1. The molecule has 3 rings (SSSR count). The number of hydrogen-bond donors (Lipinski definition) is 1. The summed E-state index contributed by atoms with van der Waals surface area (Å²) in [4.78, 5) is 14.9. The van der Waals surface area contributed by atoms with Gasteiger partial charge in [-0.3, -0.25) is 9.48 Å². The molecule has 1 amide bonds. The van der Waals surface area contributed by atoms with Gasteiger partial charge in [0, 0.05) is 17.3 Å².